The summed E-state index contributed by atoms with van der Waals surface area (Å²) in [6.45, 7) is 2.13. The summed E-state index contributed by atoms with van der Waals surface area (Å²) >= 11 is 10.6. The van der Waals surface area contributed by atoms with E-state index in [9.17, 15) is 4.79 Å². The van der Waals surface area contributed by atoms with Crippen LogP contribution in [0.5, 0.6) is 11.5 Å². The Morgan fingerprint density at radius 3 is 2.55 bits per heavy atom. The molecule has 0 bridgehead atoms. The first kappa shape index (κ1) is 23.7. The van der Waals surface area contributed by atoms with Crippen LogP contribution in [0, 0.1) is 6.92 Å². The minimum absolute atomic E-state index is 0.250. The molecule has 0 amide bonds. The molecule has 0 aliphatic carbocycles. The first-order valence-corrected chi connectivity index (χ1v) is 12.2. The molecule has 0 aliphatic rings. The van der Waals surface area contributed by atoms with Crippen LogP contribution in [0.3, 0.4) is 0 Å². The van der Waals surface area contributed by atoms with Crippen LogP contribution in [0.15, 0.2) is 77.9 Å². The van der Waals surface area contributed by atoms with Gasteiger partial charge in [0.15, 0.2) is 11.5 Å². The van der Waals surface area contributed by atoms with Gasteiger partial charge in [0.1, 0.15) is 12.4 Å². The normalized spacial score (nSPS) is 11.3. The van der Waals surface area contributed by atoms with Crippen LogP contribution in [0.1, 0.15) is 17.0 Å². The maximum Gasteiger partial charge on any atom is 0.282 e. The van der Waals surface area contributed by atoms with Crippen molar-refractivity contribution in [3.05, 3.63) is 95.3 Å². The van der Waals surface area contributed by atoms with E-state index in [1.54, 1.807) is 38.4 Å². The zero-order valence-electron chi connectivity index (χ0n) is 17.7. The van der Waals surface area contributed by atoms with E-state index in [0.29, 0.717) is 44.9 Å². The number of benzene rings is 3. The number of hydrogen-bond acceptors (Lipinski definition) is 5. The molecule has 0 radical (unpaired) electrons. The van der Waals surface area contributed by atoms with E-state index in [0.717, 1.165) is 14.5 Å². The number of fused-ring (bicyclic) bond motifs is 1. The van der Waals surface area contributed by atoms with Gasteiger partial charge in [0.2, 0.25) is 0 Å². The maximum atomic E-state index is 13.0. The molecule has 0 saturated carbocycles. The van der Waals surface area contributed by atoms with E-state index >= 15 is 0 Å². The van der Waals surface area contributed by atoms with Gasteiger partial charge in [0.25, 0.3) is 5.56 Å². The summed E-state index contributed by atoms with van der Waals surface area (Å²) in [5, 5.41) is 4.89. The molecule has 0 unspecified atom stereocenters. The smallest absolute Gasteiger partial charge is 0.282 e. The number of aromatic nitrogens is 2. The fraction of sp³-hybridized carbons (Fsp3) is 0.125. The molecule has 33 heavy (non-hydrogen) atoms. The Labute approximate surface area is 215 Å². The first-order valence-electron chi connectivity index (χ1n) is 9.85. The van der Waals surface area contributed by atoms with Crippen LogP contribution in [-0.4, -0.2) is 23.0 Å². The average Bonchev–Trinajstić information content (AvgIpc) is 2.82. The molecule has 1 aromatic heterocycles. The van der Waals surface area contributed by atoms with Gasteiger partial charge >= 0.3 is 0 Å². The van der Waals surface area contributed by atoms with Crippen molar-refractivity contribution < 1.29 is 9.47 Å². The molecule has 0 N–H and O–H groups in total. The monoisotopic (exact) mass is 633 g/mol. The summed E-state index contributed by atoms with van der Waals surface area (Å²) in [6, 6.07) is 17.1. The van der Waals surface area contributed by atoms with Crippen molar-refractivity contribution in [2.24, 2.45) is 5.10 Å². The minimum atomic E-state index is -0.250. The summed E-state index contributed by atoms with van der Waals surface area (Å²) in [7, 11) is 1.58. The maximum absolute atomic E-state index is 13.0. The van der Waals surface area contributed by atoms with Gasteiger partial charge in [-0.05, 0) is 68.6 Å². The molecule has 4 rings (SSSR count). The largest absolute Gasteiger partial charge is 0.493 e. The van der Waals surface area contributed by atoms with E-state index in [-0.39, 0.29) is 5.56 Å². The number of ether oxygens (including phenoxy) is 2. The van der Waals surface area contributed by atoms with Gasteiger partial charge in [-0.25, -0.2) is 4.98 Å². The highest BCUT2D eigenvalue weighted by atomic mass is 79.9. The molecular formula is C24H18Br3N3O3. The van der Waals surface area contributed by atoms with Gasteiger partial charge in [-0.2, -0.15) is 9.78 Å². The Kier molecular flexibility index (Phi) is 7.31. The summed E-state index contributed by atoms with van der Waals surface area (Å²) in [5.74, 6) is 1.58. The summed E-state index contributed by atoms with van der Waals surface area (Å²) in [6.07, 6.45) is 1.58. The molecule has 0 saturated heterocycles. The van der Waals surface area contributed by atoms with Gasteiger partial charge < -0.3 is 9.47 Å². The highest BCUT2D eigenvalue weighted by molar-refractivity contribution is 9.13. The van der Waals surface area contributed by atoms with Crippen LogP contribution in [0.4, 0.5) is 0 Å². The molecule has 0 fully saturated rings. The lowest BCUT2D eigenvalue weighted by Gasteiger charge is -2.15. The van der Waals surface area contributed by atoms with Crippen molar-refractivity contribution in [3.8, 4) is 11.5 Å². The third kappa shape index (κ3) is 5.05. The van der Waals surface area contributed by atoms with E-state index < -0.39 is 0 Å². The van der Waals surface area contributed by atoms with Crippen LogP contribution in [-0.2, 0) is 6.61 Å². The Morgan fingerprint density at radius 1 is 1.06 bits per heavy atom. The van der Waals surface area contributed by atoms with Gasteiger partial charge in [0, 0.05) is 14.5 Å². The molecule has 6 nitrogen and oxygen atoms in total. The third-order valence-electron chi connectivity index (χ3n) is 4.88. The standard InChI is InChI=1S/C24H18Br3N3O3/c1-14-29-19-9-8-17(25)11-18(19)24(31)30(14)28-12-16-10-20(32-2)23(22(27)21(16)26)33-13-15-6-4-3-5-7-15/h3-12H,13H2,1-2H3. The molecule has 1 heterocycles. The van der Waals surface area contributed by atoms with Crippen LogP contribution < -0.4 is 15.0 Å². The Hall–Kier alpha value is -2.49. The second-order valence-electron chi connectivity index (χ2n) is 7.08. The lowest BCUT2D eigenvalue weighted by atomic mass is 10.2. The fourth-order valence-corrected chi connectivity index (χ4v) is 4.53. The minimum Gasteiger partial charge on any atom is -0.493 e. The molecule has 3 aromatic carbocycles. The summed E-state index contributed by atoms with van der Waals surface area (Å²) in [5.41, 5.74) is 2.11. The van der Waals surface area contributed by atoms with Crippen molar-refractivity contribution in [3.63, 3.8) is 0 Å². The predicted molar refractivity (Wildman–Crippen MR) is 141 cm³/mol. The SMILES string of the molecule is COc1cc(C=Nn2c(C)nc3ccc(Br)cc3c2=O)c(Br)c(Br)c1OCc1ccccc1. The zero-order valence-corrected chi connectivity index (χ0v) is 22.4. The molecule has 0 spiro atoms. The van der Waals surface area contributed by atoms with Gasteiger partial charge in [-0.3, -0.25) is 4.79 Å². The second-order valence-corrected chi connectivity index (χ2v) is 9.58. The first-order chi connectivity index (χ1) is 15.9. The number of hydrogen-bond donors (Lipinski definition) is 0. The zero-order chi connectivity index (χ0) is 23.5. The van der Waals surface area contributed by atoms with Gasteiger partial charge in [-0.1, -0.05) is 46.3 Å². The highest BCUT2D eigenvalue weighted by Gasteiger charge is 2.17. The summed E-state index contributed by atoms with van der Waals surface area (Å²) < 4.78 is 15.1. The number of aryl methyl sites for hydroxylation is 1. The topological polar surface area (TPSA) is 65.7 Å². The number of nitrogens with zero attached hydrogens (tertiary/aromatic N) is 3. The molecule has 168 valence electrons. The van der Waals surface area contributed by atoms with Crippen molar-refractivity contribution in [1.82, 2.24) is 9.66 Å². The number of rotatable bonds is 6. The second kappa shape index (κ2) is 10.2. The van der Waals surface area contributed by atoms with Crippen LogP contribution in [0.25, 0.3) is 10.9 Å². The predicted octanol–water partition coefficient (Wildman–Crippen LogP) is 6.46. The molecular weight excluding hydrogens is 618 g/mol. The molecule has 4 aromatic rings. The average molecular weight is 636 g/mol. The molecule has 9 heteroatoms. The van der Waals surface area contributed by atoms with Crippen molar-refractivity contribution >= 4 is 64.9 Å². The van der Waals surface area contributed by atoms with Crippen LogP contribution >= 0.6 is 47.8 Å². The van der Waals surface area contributed by atoms with E-state index in [2.05, 4.69) is 57.9 Å². The third-order valence-corrected chi connectivity index (χ3v) is 7.52. The number of methoxy groups -OCH3 is 1. The van der Waals surface area contributed by atoms with E-state index in [1.165, 1.54) is 4.68 Å². The Balaban J connectivity index is 1.70. The van der Waals surface area contributed by atoms with E-state index in [4.69, 9.17) is 9.47 Å². The fourth-order valence-electron chi connectivity index (χ4n) is 3.23. The van der Waals surface area contributed by atoms with Crippen molar-refractivity contribution in [1.29, 1.82) is 0 Å². The highest BCUT2D eigenvalue weighted by Crippen LogP contribution is 2.42. The lowest BCUT2D eigenvalue weighted by Crippen LogP contribution is -2.20. The van der Waals surface area contributed by atoms with Crippen molar-refractivity contribution in [2.45, 2.75) is 13.5 Å². The van der Waals surface area contributed by atoms with Crippen molar-refractivity contribution in [2.75, 3.05) is 7.11 Å². The summed E-state index contributed by atoms with van der Waals surface area (Å²) in [4.78, 5) is 17.5. The lowest BCUT2D eigenvalue weighted by molar-refractivity contribution is 0.282. The quantitative estimate of drug-likeness (QED) is 0.228. The Morgan fingerprint density at radius 2 is 1.82 bits per heavy atom. The van der Waals surface area contributed by atoms with Gasteiger partial charge in [-0.15, -0.1) is 0 Å². The molecule has 0 atom stereocenters. The van der Waals surface area contributed by atoms with Gasteiger partial charge in [0.05, 0.1) is 28.7 Å². The number of halogens is 3. The van der Waals surface area contributed by atoms with E-state index in [1.807, 2.05) is 36.4 Å². The Bertz CT molecular complexity index is 1420. The molecule has 0 aliphatic heterocycles. The van der Waals surface area contributed by atoms with Crippen LogP contribution in [0.2, 0.25) is 0 Å².